The van der Waals surface area contributed by atoms with Crippen LogP contribution in [0.15, 0.2) is 54.2 Å². The molecule has 0 radical (unpaired) electrons. The van der Waals surface area contributed by atoms with Crippen LogP contribution in [-0.4, -0.2) is 64.3 Å². The molecule has 2 aromatic carbocycles. The fraction of sp³-hybridized carbons (Fsp3) is 0.304. The summed E-state index contributed by atoms with van der Waals surface area (Å²) in [7, 11) is 4.69. The van der Waals surface area contributed by atoms with E-state index in [1.807, 2.05) is 35.2 Å². The molecule has 0 aliphatic carbocycles. The van der Waals surface area contributed by atoms with Crippen molar-refractivity contribution in [3.63, 3.8) is 0 Å². The highest BCUT2D eigenvalue weighted by molar-refractivity contribution is 6.45. The topological polar surface area (TPSA) is 68.3 Å². The largest absolute Gasteiger partial charge is 0.495 e. The minimum atomic E-state index is -0.419. The van der Waals surface area contributed by atoms with Crippen molar-refractivity contribution in [1.29, 1.82) is 0 Å². The molecule has 164 valence electrons. The van der Waals surface area contributed by atoms with Crippen molar-refractivity contribution in [3.8, 4) is 5.75 Å². The van der Waals surface area contributed by atoms with Gasteiger partial charge in [-0.3, -0.25) is 9.59 Å². The third-order valence-electron chi connectivity index (χ3n) is 4.96. The molecule has 0 bridgehead atoms. The van der Waals surface area contributed by atoms with E-state index in [1.54, 1.807) is 32.4 Å². The van der Waals surface area contributed by atoms with Gasteiger partial charge in [0.15, 0.2) is 0 Å². The predicted octanol–water partition coefficient (Wildman–Crippen LogP) is 3.23. The Hall–Kier alpha value is -2.87. The first kappa shape index (κ1) is 22.8. The van der Waals surface area contributed by atoms with E-state index in [4.69, 9.17) is 25.8 Å². The molecule has 0 unspecified atom stereocenters. The second kappa shape index (κ2) is 10.4. The first-order valence-corrected chi connectivity index (χ1v) is 10.2. The van der Waals surface area contributed by atoms with E-state index in [9.17, 15) is 9.59 Å². The van der Waals surface area contributed by atoms with Crippen LogP contribution in [0, 0.1) is 0 Å². The average Bonchev–Trinajstić information content (AvgIpc) is 3.04. The highest BCUT2D eigenvalue weighted by atomic mass is 35.5. The molecule has 1 aliphatic rings. The van der Waals surface area contributed by atoms with Gasteiger partial charge in [0.05, 0.1) is 36.6 Å². The van der Waals surface area contributed by atoms with Crippen LogP contribution in [0.25, 0.3) is 5.57 Å². The molecule has 0 atom stereocenters. The van der Waals surface area contributed by atoms with Crippen molar-refractivity contribution in [2.45, 2.75) is 0 Å². The Bertz CT molecular complexity index is 969. The molecule has 8 heteroatoms. The van der Waals surface area contributed by atoms with Gasteiger partial charge < -0.3 is 19.1 Å². The minimum absolute atomic E-state index is 0.311. The number of ether oxygens (including phenoxy) is 3. The van der Waals surface area contributed by atoms with Crippen molar-refractivity contribution in [3.05, 3.63) is 64.8 Å². The van der Waals surface area contributed by atoms with Gasteiger partial charge in [0.2, 0.25) is 0 Å². The quantitative estimate of drug-likeness (QED) is 0.524. The lowest BCUT2D eigenvalue weighted by Gasteiger charge is -2.25. The number of methoxy groups -OCH3 is 3. The van der Waals surface area contributed by atoms with Gasteiger partial charge >= 0.3 is 0 Å². The van der Waals surface area contributed by atoms with E-state index in [2.05, 4.69) is 0 Å². The lowest BCUT2D eigenvalue weighted by molar-refractivity contribution is -0.120. The van der Waals surface area contributed by atoms with Gasteiger partial charge in [-0.1, -0.05) is 41.9 Å². The number of anilines is 1. The summed E-state index contributed by atoms with van der Waals surface area (Å²) in [5.74, 6) is -0.368. The van der Waals surface area contributed by atoms with Crippen LogP contribution < -0.4 is 9.64 Å². The number of hydrogen-bond donors (Lipinski definition) is 0. The fourth-order valence-electron chi connectivity index (χ4n) is 3.44. The highest BCUT2D eigenvalue weighted by Crippen LogP contribution is 2.37. The summed E-state index contributed by atoms with van der Waals surface area (Å²) >= 11 is 6.26. The molecular formula is C23H25ClN2O5. The van der Waals surface area contributed by atoms with Crippen molar-refractivity contribution < 1.29 is 23.8 Å². The molecule has 0 N–H and O–H groups in total. The molecular weight excluding hydrogens is 420 g/mol. The summed E-state index contributed by atoms with van der Waals surface area (Å²) in [6.45, 7) is 1.65. The Kier molecular flexibility index (Phi) is 7.68. The zero-order valence-electron chi connectivity index (χ0n) is 17.8. The standard InChI is InChI=1S/C23H25ClN2O5/c1-29-13-11-25(12-14-30-2)21-20(16-7-5-4-6-8-16)22(27)26(23(21)28)17-9-10-19(31-3)18(24)15-17/h4-10,15H,11-14H2,1-3H3. The molecule has 3 rings (SSSR count). The van der Waals surface area contributed by atoms with Gasteiger partial charge in [-0.2, -0.15) is 0 Å². The SMILES string of the molecule is COCCN(CCOC)C1=C(c2ccccc2)C(=O)N(c2ccc(OC)c(Cl)c2)C1=O. The van der Waals surface area contributed by atoms with E-state index in [0.29, 0.717) is 59.6 Å². The third-order valence-corrected chi connectivity index (χ3v) is 5.26. The second-order valence-corrected chi connectivity index (χ2v) is 7.23. The summed E-state index contributed by atoms with van der Waals surface area (Å²) < 4.78 is 15.6. The molecule has 1 aliphatic heterocycles. The number of amides is 2. The van der Waals surface area contributed by atoms with Gasteiger partial charge in [0.25, 0.3) is 11.8 Å². The molecule has 0 saturated carbocycles. The molecule has 0 spiro atoms. The Morgan fingerprint density at radius 3 is 2.10 bits per heavy atom. The van der Waals surface area contributed by atoms with Gasteiger partial charge in [-0.15, -0.1) is 0 Å². The minimum Gasteiger partial charge on any atom is -0.495 e. The van der Waals surface area contributed by atoms with Crippen LogP contribution in [0.1, 0.15) is 5.56 Å². The zero-order valence-corrected chi connectivity index (χ0v) is 18.5. The summed E-state index contributed by atoms with van der Waals surface area (Å²) in [6, 6.07) is 14.0. The van der Waals surface area contributed by atoms with Crippen molar-refractivity contribution in [1.82, 2.24) is 4.90 Å². The van der Waals surface area contributed by atoms with Gasteiger partial charge in [0.1, 0.15) is 11.4 Å². The van der Waals surface area contributed by atoms with E-state index in [1.165, 1.54) is 7.11 Å². The first-order chi connectivity index (χ1) is 15.0. The zero-order chi connectivity index (χ0) is 22.4. The summed E-state index contributed by atoms with van der Waals surface area (Å²) in [5, 5.41) is 0.311. The first-order valence-electron chi connectivity index (χ1n) is 9.78. The number of carbonyl (C=O) groups is 2. The molecule has 0 saturated heterocycles. The fourth-order valence-corrected chi connectivity index (χ4v) is 3.70. The third kappa shape index (κ3) is 4.74. The van der Waals surface area contributed by atoms with Crippen LogP contribution in [0.3, 0.4) is 0 Å². The maximum atomic E-state index is 13.6. The molecule has 31 heavy (non-hydrogen) atoms. The lowest BCUT2D eigenvalue weighted by Crippen LogP contribution is -2.37. The van der Waals surface area contributed by atoms with Crippen LogP contribution in [0.4, 0.5) is 5.69 Å². The highest BCUT2D eigenvalue weighted by Gasteiger charge is 2.42. The summed E-state index contributed by atoms with van der Waals surface area (Å²) in [4.78, 5) is 30.1. The molecule has 0 fully saturated rings. The molecule has 1 heterocycles. The smallest absolute Gasteiger partial charge is 0.282 e. The maximum absolute atomic E-state index is 13.6. The Labute approximate surface area is 186 Å². The number of halogens is 1. The van der Waals surface area contributed by atoms with E-state index < -0.39 is 11.8 Å². The summed E-state index contributed by atoms with van der Waals surface area (Å²) in [5.41, 5.74) is 1.70. The van der Waals surface area contributed by atoms with Crippen molar-refractivity contribution in [2.24, 2.45) is 0 Å². The molecule has 0 aromatic heterocycles. The molecule has 2 aromatic rings. The number of hydrogen-bond acceptors (Lipinski definition) is 6. The molecule has 7 nitrogen and oxygen atoms in total. The number of carbonyl (C=O) groups excluding carboxylic acids is 2. The van der Waals surface area contributed by atoms with Crippen LogP contribution in [0.5, 0.6) is 5.75 Å². The number of imide groups is 1. The summed E-state index contributed by atoms with van der Waals surface area (Å²) in [6.07, 6.45) is 0. The monoisotopic (exact) mass is 444 g/mol. The average molecular weight is 445 g/mol. The molecule has 2 amide bonds. The van der Waals surface area contributed by atoms with Crippen molar-refractivity contribution >= 4 is 34.7 Å². The van der Waals surface area contributed by atoms with Crippen LogP contribution >= 0.6 is 11.6 Å². The van der Waals surface area contributed by atoms with Crippen molar-refractivity contribution in [2.75, 3.05) is 52.5 Å². The van der Waals surface area contributed by atoms with E-state index >= 15 is 0 Å². The number of nitrogens with zero attached hydrogens (tertiary/aromatic N) is 2. The van der Waals surface area contributed by atoms with Gasteiger partial charge in [-0.25, -0.2) is 4.90 Å². The normalized spacial score (nSPS) is 13.9. The lowest BCUT2D eigenvalue weighted by atomic mass is 10.0. The van der Waals surface area contributed by atoms with Gasteiger partial charge in [-0.05, 0) is 23.8 Å². The van der Waals surface area contributed by atoms with Crippen LogP contribution in [0.2, 0.25) is 5.02 Å². The number of rotatable bonds is 10. The Balaban J connectivity index is 2.10. The van der Waals surface area contributed by atoms with Gasteiger partial charge in [0, 0.05) is 27.3 Å². The maximum Gasteiger partial charge on any atom is 0.282 e. The van der Waals surface area contributed by atoms with E-state index in [0.717, 1.165) is 4.90 Å². The predicted molar refractivity (Wildman–Crippen MR) is 119 cm³/mol. The Morgan fingerprint density at radius 1 is 0.903 bits per heavy atom. The second-order valence-electron chi connectivity index (χ2n) is 6.83. The van der Waals surface area contributed by atoms with Crippen LogP contribution in [-0.2, 0) is 19.1 Å². The number of benzene rings is 2. The van der Waals surface area contributed by atoms with E-state index in [-0.39, 0.29) is 0 Å². The Morgan fingerprint density at radius 2 is 1.55 bits per heavy atom.